The quantitative estimate of drug-likeness (QED) is 0.853. The molecule has 6 heteroatoms. The molecule has 0 spiro atoms. The van der Waals surface area contributed by atoms with Crippen molar-refractivity contribution in [3.63, 3.8) is 0 Å². The van der Waals surface area contributed by atoms with Gasteiger partial charge in [0.1, 0.15) is 6.61 Å². The van der Waals surface area contributed by atoms with E-state index < -0.39 is 6.09 Å². The van der Waals surface area contributed by atoms with Gasteiger partial charge < -0.3 is 9.47 Å². The van der Waals surface area contributed by atoms with Crippen LogP contribution in [0, 0.1) is 6.92 Å². The van der Waals surface area contributed by atoms with E-state index >= 15 is 0 Å². The Hall–Kier alpha value is -2.21. The predicted molar refractivity (Wildman–Crippen MR) is 71.1 cm³/mol. The fourth-order valence-electron chi connectivity index (χ4n) is 1.58. The zero-order valence-electron chi connectivity index (χ0n) is 10.8. The molecular weight excluding hydrogens is 246 g/mol. The monoisotopic (exact) mass is 261 g/mol. The number of aryl methyl sites for hydroxylation is 1. The molecule has 0 fully saturated rings. The van der Waals surface area contributed by atoms with Crippen LogP contribution in [0.1, 0.15) is 5.69 Å². The minimum Gasteiger partial charge on any atom is -0.447 e. The summed E-state index contributed by atoms with van der Waals surface area (Å²) in [6.45, 7) is 2.38. The summed E-state index contributed by atoms with van der Waals surface area (Å²) in [6.07, 6.45) is 1.16. The summed E-state index contributed by atoms with van der Waals surface area (Å²) in [4.78, 5) is 20.0. The topological polar surface area (TPSA) is 73.3 Å². The molecule has 6 nitrogen and oxygen atoms in total. The van der Waals surface area contributed by atoms with Gasteiger partial charge in [0, 0.05) is 18.7 Å². The SMILES string of the molecule is COCCOC(=O)Nc1cc2cccnc2nc1C. The van der Waals surface area contributed by atoms with E-state index in [2.05, 4.69) is 15.3 Å². The molecule has 19 heavy (non-hydrogen) atoms. The molecule has 2 aromatic heterocycles. The molecule has 1 amide bonds. The Kier molecular flexibility index (Phi) is 4.25. The lowest BCUT2D eigenvalue weighted by Gasteiger charge is -2.09. The van der Waals surface area contributed by atoms with E-state index in [1.165, 1.54) is 0 Å². The smallest absolute Gasteiger partial charge is 0.411 e. The molecular formula is C13H15N3O3. The largest absolute Gasteiger partial charge is 0.447 e. The molecule has 0 radical (unpaired) electrons. The summed E-state index contributed by atoms with van der Waals surface area (Å²) in [7, 11) is 1.55. The minimum atomic E-state index is -0.523. The van der Waals surface area contributed by atoms with E-state index in [0.29, 0.717) is 23.6 Å². The zero-order chi connectivity index (χ0) is 13.7. The van der Waals surface area contributed by atoms with Crippen molar-refractivity contribution >= 4 is 22.8 Å². The third kappa shape index (κ3) is 3.38. The second kappa shape index (κ2) is 6.10. The molecule has 0 aliphatic rings. The molecule has 1 N–H and O–H groups in total. The number of methoxy groups -OCH3 is 1. The van der Waals surface area contributed by atoms with Crippen LogP contribution in [-0.2, 0) is 9.47 Å². The average molecular weight is 261 g/mol. The summed E-state index contributed by atoms with van der Waals surface area (Å²) in [6, 6.07) is 5.53. The second-order valence-electron chi connectivity index (χ2n) is 3.93. The summed E-state index contributed by atoms with van der Waals surface area (Å²) in [5.74, 6) is 0. The Bertz CT molecular complexity index is 586. The standard InChI is InChI=1S/C13H15N3O3/c1-9-11(16-13(17)19-7-6-18-2)8-10-4-3-5-14-12(10)15-9/h3-5,8H,6-7H2,1-2H3,(H,16,17). The molecule has 0 unspecified atom stereocenters. The Labute approximate surface area is 110 Å². The molecule has 0 aromatic carbocycles. The first-order valence-corrected chi connectivity index (χ1v) is 5.86. The average Bonchev–Trinajstić information content (AvgIpc) is 2.40. The van der Waals surface area contributed by atoms with Crippen molar-refractivity contribution in [3.05, 3.63) is 30.1 Å². The van der Waals surface area contributed by atoms with Gasteiger partial charge in [-0.15, -0.1) is 0 Å². The van der Waals surface area contributed by atoms with Gasteiger partial charge in [-0.2, -0.15) is 0 Å². The number of pyridine rings is 2. The zero-order valence-corrected chi connectivity index (χ0v) is 10.8. The maximum Gasteiger partial charge on any atom is 0.411 e. The lowest BCUT2D eigenvalue weighted by atomic mass is 10.2. The van der Waals surface area contributed by atoms with Gasteiger partial charge in [-0.3, -0.25) is 5.32 Å². The van der Waals surface area contributed by atoms with Gasteiger partial charge in [-0.05, 0) is 25.1 Å². The number of carbonyl (C=O) groups is 1. The number of amides is 1. The summed E-state index contributed by atoms with van der Waals surface area (Å²) < 4.78 is 9.73. The first-order valence-electron chi connectivity index (χ1n) is 5.86. The third-order valence-electron chi connectivity index (χ3n) is 2.54. The molecule has 100 valence electrons. The number of rotatable bonds is 4. The van der Waals surface area contributed by atoms with Crippen LogP contribution in [0.5, 0.6) is 0 Å². The molecule has 2 heterocycles. The Morgan fingerprint density at radius 3 is 3.05 bits per heavy atom. The summed E-state index contributed by atoms with van der Waals surface area (Å²) >= 11 is 0. The van der Waals surface area contributed by atoms with Gasteiger partial charge in [0.05, 0.1) is 18.0 Å². The number of aromatic nitrogens is 2. The normalized spacial score (nSPS) is 10.4. The van der Waals surface area contributed by atoms with Crippen molar-refractivity contribution in [3.8, 4) is 0 Å². The predicted octanol–water partition coefficient (Wildman–Crippen LogP) is 2.13. The maximum absolute atomic E-state index is 11.5. The van der Waals surface area contributed by atoms with Crippen LogP contribution in [0.2, 0.25) is 0 Å². The lowest BCUT2D eigenvalue weighted by Crippen LogP contribution is -2.17. The fourth-order valence-corrected chi connectivity index (χ4v) is 1.58. The van der Waals surface area contributed by atoms with Crippen LogP contribution in [0.25, 0.3) is 11.0 Å². The number of fused-ring (bicyclic) bond motifs is 1. The van der Waals surface area contributed by atoms with Crippen molar-refractivity contribution in [2.75, 3.05) is 25.6 Å². The van der Waals surface area contributed by atoms with Crippen LogP contribution >= 0.6 is 0 Å². The summed E-state index contributed by atoms with van der Waals surface area (Å²) in [5.41, 5.74) is 1.95. The van der Waals surface area contributed by atoms with Crippen molar-refractivity contribution in [1.82, 2.24) is 9.97 Å². The fraction of sp³-hybridized carbons (Fsp3) is 0.308. The molecule has 0 saturated carbocycles. The highest BCUT2D eigenvalue weighted by molar-refractivity contribution is 5.89. The second-order valence-corrected chi connectivity index (χ2v) is 3.93. The molecule has 0 aliphatic heterocycles. The van der Waals surface area contributed by atoms with Crippen molar-refractivity contribution in [2.45, 2.75) is 6.92 Å². The number of carbonyl (C=O) groups excluding carboxylic acids is 1. The Morgan fingerprint density at radius 1 is 1.42 bits per heavy atom. The first-order chi connectivity index (χ1) is 9.20. The number of ether oxygens (including phenoxy) is 2. The van der Waals surface area contributed by atoms with Crippen LogP contribution in [0.3, 0.4) is 0 Å². The number of nitrogens with one attached hydrogen (secondary N) is 1. The van der Waals surface area contributed by atoms with E-state index in [4.69, 9.17) is 9.47 Å². The Morgan fingerprint density at radius 2 is 2.26 bits per heavy atom. The van der Waals surface area contributed by atoms with E-state index in [-0.39, 0.29) is 6.61 Å². The van der Waals surface area contributed by atoms with Crippen LogP contribution < -0.4 is 5.32 Å². The minimum absolute atomic E-state index is 0.212. The van der Waals surface area contributed by atoms with Gasteiger partial charge in [-0.25, -0.2) is 14.8 Å². The number of anilines is 1. The number of hydrogen-bond acceptors (Lipinski definition) is 5. The molecule has 0 bridgehead atoms. The van der Waals surface area contributed by atoms with Crippen LogP contribution in [0.4, 0.5) is 10.5 Å². The highest BCUT2D eigenvalue weighted by Gasteiger charge is 2.08. The van der Waals surface area contributed by atoms with Gasteiger partial charge in [0.2, 0.25) is 0 Å². The van der Waals surface area contributed by atoms with E-state index in [0.717, 1.165) is 5.39 Å². The third-order valence-corrected chi connectivity index (χ3v) is 2.54. The van der Waals surface area contributed by atoms with Crippen LogP contribution in [-0.4, -0.2) is 36.4 Å². The van der Waals surface area contributed by atoms with E-state index in [1.807, 2.05) is 18.2 Å². The van der Waals surface area contributed by atoms with Gasteiger partial charge in [0.25, 0.3) is 0 Å². The molecule has 0 saturated heterocycles. The van der Waals surface area contributed by atoms with E-state index in [1.54, 1.807) is 20.2 Å². The molecule has 2 aromatic rings. The molecule has 0 atom stereocenters. The molecule has 0 aliphatic carbocycles. The number of nitrogens with zero attached hydrogens (tertiary/aromatic N) is 2. The van der Waals surface area contributed by atoms with Crippen LogP contribution in [0.15, 0.2) is 24.4 Å². The lowest BCUT2D eigenvalue weighted by molar-refractivity contribution is 0.107. The highest BCUT2D eigenvalue weighted by atomic mass is 16.6. The van der Waals surface area contributed by atoms with Crippen molar-refractivity contribution in [1.29, 1.82) is 0 Å². The molecule has 2 rings (SSSR count). The van der Waals surface area contributed by atoms with Crippen molar-refractivity contribution in [2.24, 2.45) is 0 Å². The maximum atomic E-state index is 11.5. The van der Waals surface area contributed by atoms with Gasteiger partial charge >= 0.3 is 6.09 Å². The summed E-state index contributed by atoms with van der Waals surface area (Å²) in [5, 5.41) is 3.52. The van der Waals surface area contributed by atoms with Gasteiger partial charge in [-0.1, -0.05) is 0 Å². The number of hydrogen-bond donors (Lipinski definition) is 1. The highest BCUT2D eigenvalue weighted by Crippen LogP contribution is 2.18. The van der Waals surface area contributed by atoms with E-state index in [9.17, 15) is 4.79 Å². The Balaban J connectivity index is 2.11. The van der Waals surface area contributed by atoms with Gasteiger partial charge in [0.15, 0.2) is 5.65 Å². The van der Waals surface area contributed by atoms with Crippen molar-refractivity contribution < 1.29 is 14.3 Å². The first kappa shape index (κ1) is 13.2.